The third kappa shape index (κ3) is 3.88. The van der Waals surface area contributed by atoms with Gasteiger partial charge in [-0.05, 0) is 19.1 Å². The smallest absolute Gasteiger partial charge is 0.321 e. The van der Waals surface area contributed by atoms with E-state index in [0.29, 0.717) is 34.5 Å². The maximum atomic E-state index is 12.1. The summed E-state index contributed by atoms with van der Waals surface area (Å²) in [6.07, 6.45) is 0. The third-order valence-corrected chi connectivity index (χ3v) is 3.15. The monoisotopic (exact) mass is 309 g/mol. The Bertz CT molecular complexity index is 642. The van der Waals surface area contributed by atoms with Crippen LogP contribution in [0.1, 0.15) is 11.5 Å². The van der Waals surface area contributed by atoms with E-state index >= 15 is 0 Å². The predicted octanol–water partition coefficient (Wildman–Crippen LogP) is 3.31. The van der Waals surface area contributed by atoms with Crippen LogP contribution >= 0.6 is 11.6 Å². The number of hydrogen-bond donors (Lipinski definition) is 1. The van der Waals surface area contributed by atoms with Gasteiger partial charge in [-0.1, -0.05) is 16.8 Å². The highest BCUT2D eigenvalue weighted by Crippen LogP contribution is 2.26. The number of halogens is 1. The van der Waals surface area contributed by atoms with Crippen molar-refractivity contribution in [3.63, 3.8) is 0 Å². The number of nitrogens with one attached hydrogen (secondary N) is 1. The first-order valence-electron chi connectivity index (χ1n) is 6.27. The van der Waals surface area contributed by atoms with Gasteiger partial charge in [-0.15, -0.1) is 0 Å². The Labute approximate surface area is 127 Å². The number of nitrogens with zero attached hydrogens (tertiary/aromatic N) is 2. The number of carbonyl (C=O) groups excluding carboxylic acids is 1. The summed E-state index contributed by atoms with van der Waals surface area (Å²) in [5.41, 5.74) is 1.21. The highest BCUT2D eigenvalue weighted by Gasteiger charge is 2.13. The molecule has 0 radical (unpaired) electrons. The highest BCUT2D eigenvalue weighted by molar-refractivity contribution is 6.33. The molecule has 112 valence electrons. The standard InChI is InChI=1S/C14H16ClN3O3/c1-9-6-10(17-21-9)8-18(2)14(19)16-13-5-4-11(20-3)7-12(13)15/h4-7H,8H2,1-3H3,(H,16,19). The Morgan fingerprint density at radius 3 is 2.81 bits per heavy atom. The molecule has 1 heterocycles. The lowest BCUT2D eigenvalue weighted by Gasteiger charge is -2.17. The van der Waals surface area contributed by atoms with Crippen molar-refractivity contribution in [2.75, 3.05) is 19.5 Å². The Balaban J connectivity index is 2.00. The second-order valence-electron chi connectivity index (χ2n) is 4.56. The van der Waals surface area contributed by atoms with Gasteiger partial charge in [0, 0.05) is 19.2 Å². The summed E-state index contributed by atoms with van der Waals surface area (Å²) in [5.74, 6) is 1.33. The molecule has 0 aliphatic heterocycles. The molecule has 6 nitrogen and oxygen atoms in total. The molecule has 0 fully saturated rings. The fourth-order valence-electron chi connectivity index (χ4n) is 1.74. The van der Waals surface area contributed by atoms with Crippen LogP contribution in [0.15, 0.2) is 28.8 Å². The van der Waals surface area contributed by atoms with Gasteiger partial charge in [0.1, 0.15) is 17.2 Å². The van der Waals surface area contributed by atoms with Gasteiger partial charge in [0.05, 0.1) is 24.4 Å². The summed E-state index contributed by atoms with van der Waals surface area (Å²) in [7, 11) is 3.22. The van der Waals surface area contributed by atoms with Gasteiger partial charge in [-0.2, -0.15) is 0 Å². The average molecular weight is 310 g/mol. The number of rotatable bonds is 4. The fraction of sp³-hybridized carbons (Fsp3) is 0.286. The minimum absolute atomic E-state index is 0.289. The lowest BCUT2D eigenvalue weighted by atomic mass is 10.3. The molecule has 0 spiro atoms. The number of anilines is 1. The molecule has 1 aromatic heterocycles. The van der Waals surface area contributed by atoms with Crippen LogP contribution in [0.3, 0.4) is 0 Å². The van der Waals surface area contributed by atoms with Crippen LogP contribution in [0.4, 0.5) is 10.5 Å². The Kier molecular flexibility index (Phi) is 4.70. The van der Waals surface area contributed by atoms with E-state index in [1.54, 1.807) is 45.3 Å². The first kappa shape index (κ1) is 15.2. The molecule has 0 saturated carbocycles. The molecule has 2 aromatic rings. The first-order valence-corrected chi connectivity index (χ1v) is 6.65. The van der Waals surface area contributed by atoms with Crippen molar-refractivity contribution in [1.82, 2.24) is 10.1 Å². The number of methoxy groups -OCH3 is 1. The summed E-state index contributed by atoms with van der Waals surface area (Å²) in [6, 6.07) is 6.54. The van der Waals surface area contributed by atoms with Crippen LogP contribution in [-0.2, 0) is 6.54 Å². The molecule has 0 aliphatic carbocycles. The van der Waals surface area contributed by atoms with Crippen LogP contribution < -0.4 is 10.1 Å². The molecule has 2 amide bonds. The molecule has 2 rings (SSSR count). The minimum Gasteiger partial charge on any atom is -0.497 e. The minimum atomic E-state index is -0.289. The number of carbonyl (C=O) groups is 1. The largest absolute Gasteiger partial charge is 0.497 e. The predicted molar refractivity (Wildman–Crippen MR) is 79.7 cm³/mol. The highest BCUT2D eigenvalue weighted by atomic mass is 35.5. The number of hydrogen-bond acceptors (Lipinski definition) is 4. The van der Waals surface area contributed by atoms with Crippen LogP contribution in [0.2, 0.25) is 5.02 Å². The molecule has 0 aliphatic rings. The maximum absolute atomic E-state index is 12.1. The average Bonchev–Trinajstić information content (AvgIpc) is 2.86. The lowest BCUT2D eigenvalue weighted by Crippen LogP contribution is -2.31. The molecule has 0 atom stereocenters. The molecule has 0 unspecified atom stereocenters. The molecule has 0 saturated heterocycles. The number of urea groups is 1. The van der Waals surface area contributed by atoms with E-state index in [1.165, 1.54) is 4.90 Å². The van der Waals surface area contributed by atoms with Gasteiger partial charge in [-0.3, -0.25) is 0 Å². The second-order valence-corrected chi connectivity index (χ2v) is 4.97. The third-order valence-electron chi connectivity index (χ3n) is 2.84. The van der Waals surface area contributed by atoms with Gasteiger partial charge in [0.15, 0.2) is 0 Å². The van der Waals surface area contributed by atoms with Crippen LogP contribution in [0, 0.1) is 6.92 Å². The quantitative estimate of drug-likeness (QED) is 0.941. The van der Waals surface area contributed by atoms with E-state index in [9.17, 15) is 4.79 Å². The van der Waals surface area contributed by atoms with E-state index in [2.05, 4.69) is 10.5 Å². The van der Waals surface area contributed by atoms with E-state index in [0.717, 1.165) is 0 Å². The van der Waals surface area contributed by atoms with Crippen molar-refractivity contribution < 1.29 is 14.1 Å². The number of benzene rings is 1. The molecule has 7 heteroatoms. The molecular formula is C14H16ClN3O3. The first-order chi connectivity index (χ1) is 9.99. The topological polar surface area (TPSA) is 67.6 Å². The second kappa shape index (κ2) is 6.49. The summed E-state index contributed by atoms with van der Waals surface area (Å²) < 4.78 is 10.0. The Hall–Kier alpha value is -2.21. The summed E-state index contributed by atoms with van der Waals surface area (Å²) in [4.78, 5) is 13.6. The number of amides is 2. The zero-order valence-corrected chi connectivity index (χ0v) is 12.8. The van der Waals surface area contributed by atoms with E-state index in [4.69, 9.17) is 20.9 Å². The Morgan fingerprint density at radius 1 is 1.48 bits per heavy atom. The zero-order valence-electron chi connectivity index (χ0n) is 12.0. The zero-order chi connectivity index (χ0) is 15.4. The molecule has 1 aromatic carbocycles. The van der Waals surface area contributed by atoms with Crippen LogP contribution in [0.5, 0.6) is 5.75 Å². The molecule has 1 N–H and O–H groups in total. The van der Waals surface area contributed by atoms with Crippen molar-refractivity contribution in [3.8, 4) is 5.75 Å². The van der Waals surface area contributed by atoms with E-state index in [1.807, 2.05) is 0 Å². The number of aryl methyl sites for hydroxylation is 1. The van der Waals surface area contributed by atoms with Crippen molar-refractivity contribution in [3.05, 3.63) is 40.7 Å². The Morgan fingerprint density at radius 2 is 2.24 bits per heavy atom. The number of ether oxygens (including phenoxy) is 1. The summed E-state index contributed by atoms with van der Waals surface area (Å²) in [5, 5.41) is 6.99. The lowest BCUT2D eigenvalue weighted by molar-refractivity contribution is 0.219. The van der Waals surface area contributed by atoms with Crippen LogP contribution in [0.25, 0.3) is 0 Å². The van der Waals surface area contributed by atoms with Crippen molar-refractivity contribution in [1.29, 1.82) is 0 Å². The fourth-order valence-corrected chi connectivity index (χ4v) is 1.96. The number of aromatic nitrogens is 1. The van der Waals surface area contributed by atoms with E-state index in [-0.39, 0.29) is 6.03 Å². The van der Waals surface area contributed by atoms with Gasteiger partial charge in [0.25, 0.3) is 0 Å². The molecular weight excluding hydrogens is 294 g/mol. The van der Waals surface area contributed by atoms with E-state index < -0.39 is 0 Å². The van der Waals surface area contributed by atoms with Crippen LogP contribution in [-0.4, -0.2) is 30.2 Å². The van der Waals surface area contributed by atoms with Gasteiger partial charge in [-0.25, -0.2) is 4.79 Å². The van der Waals surface area contributed by atoms with Gasteiger partial charge < -0.3 is 19.5 Å². The van der Waals surface area contributed by atoms with Crippen molar-refractivity contribution in [2.24, 2.45) is 0 Å². The SMILES string of the molecule is COc1ccc(NC(=O)N(C)Cc2cc(C)on2)c(Cl)c1. The van der Waals surface area contributed by atoms with Crippen molar-refractivity contribution >= 4 is 23.3 Å². The van der Waals surface area contributed by atoms with Gasteiger partial charge in [0.2, 0.25) is 0 Å². The normalized spacial score (nSPS) is 10.3. The maximum Gasteiger partial charge on any atom is 0.321 e. The summed E-state index contributed by atoms with van der Waals surface area (Å²) in [6.45, 7) is 2.14. The van der Waals surface area contributed by atoms with Gasteiger partial charge >= 0.3 is 6.03 Å². The molecule has 0 bridgehead atoms. The summed E-state index contributed by atoms with van der Waals surface area (Å²) >= 11 is 6.08. The van der Waals surface area contributed by atoms with Crippen molar-refractivity contribution in [2.45, 2.75) is 13.5 Å². The molecule has 21 heavy (non-hydrogen) atoms.